The Hall–Kier alpha value is -2.16. The first-order valence-corrected chi connectivity index (χ1v) is 8.69. The SMILES string of the molecule is CCC(C)(CC(C)(C)C(=O)NNC(=O)CCCCC(=O)NN)C(=O)OC. The zero-order chi connectivity index (χ0) is 20.4. The van der Waals surface area contributed by atoms with Gasteiger partial charge in [0, 0.05) is 18.3 Å². The Balaban J connectivity index is 4.45. The highest BCUT2D eigenvalue weighted by atomic mass is 16.5. The standard InChI is InChI=1S/C17H32N4O5/c1-6-17(4,15(25)26-5)11-16(2,3)14(24)21-20-13(23)10-8-7-9-12(22)19-18/h6-11,18H2,1-5H3,(H,19,22)(H,20,23)(H,21,24). The van der Waals surface area contributed by atoms with Crippen molar-refractivity contribution in [1.29, 1.82) is 0 Å². The molecule has 0 aliphatic rings. The lowest BCUT2D eigenvalue weighted by Gasteiger charge is -2.33. The van der Waals surface area contributed by atoms with E-state index in [1.54, 1.807) is 20.8 Å². The number of hydrogen-bond donors (Lipinski definition) is 4. The van der Waals surface area contributed by atoms with Crippen LogP contribution in [0.1, 0.15) is 66.2 Å². The minimum absolute atomic E-state index is 0.174. The number of amides is 3. The highest BCUT2D eigenvalue weighted by Crippen LogP contribution is 2.37. The Kier molecular flexibility index (Phi) is 9.85. The van der Waals surface area contributed by atoms with Crippen LogP contribution >= 0.6 is 0 Å². The van der Waals surface area contributed by atoms with Gasteiger partial charge in [0.05, 0.1) is 12.5 Å². The first kappa shape index (κ1) is 23.8. The van der Waals surface area contributed by atoms with E-state index in [4.69, 9.17) is 10.6 Å². The van der Waals surface area contributed by atoms with Gasteiger partial charge in [0.1, 0.15) is 0 Å². The van der Waals surface area contributed by atoms with Crippen LogP contribution in [0.15, 0.2) is 0 Å². The van der Waals surface area contributed by atoms with Crippen molar-refractivity contribution in [3.63, 3.8) is 0 Å². The first-order chi connectivity index (χ1) is 12.0. The van der Waals surface area contributed by atoms with Crippen LogP contribution in [0.2, 0.25) is 0 Å². The maximum absolute atomic E-state index is 12.4. The Morgan fingerprint density at radius 2 is 1.50 bits per heavy atom. The predicted molar refractivity (Wildman–Crippen MR) is 95.9 cm³/mol. The zero-order valence-electron chi connectivity index (χ0n) is 16.4. The van der Waals surface area contributed by atoms with Crippen LogP contribution < -0.4 is 22.1 Å². The molecule has 0 aliphatic carbocycles. The second kappa shape index (κ2) is 10.7. The van der Waals surface area contributed by atoms with Crippen molar-refractivity contribution in [2.75, 3.05) is 7.11 Å². The molecule has 9 nitrogen and oxygen atoms in total. The molecule has 0 heterocycles. The molecule has 26 heavy (non-hydrogen) atoms. The van der Waals surface area contributed by atoms with Crippen molar-refractivity contribution in [2.24, 2.45) is 16.7 Å². The molecule has 0 aromatic carbocycles. The molecule has 1 unspecified atom stereocenters. The molecule has 0 fully saturated rings. The van der Waals surface area contributed by atoms with E-state index in [9.17, 15) is 19.2 Å². The van der Waals surface area contributed by atoms with Crippen molar-refractivity contribution in [3.05, 3.63) is 0 Å². The third-order valence-corrected chi connectivity index (χ3v) is 4.44. The summed E-state index contributed by atoms with van der Waals surface area (Å²) in [4.78, 5) is 47.1. The number of rotatable bonds is 10. The molecule has 1 atom stereocenters. The summed E-state index contributed by atoms with van der Waals surface area (Å²) in [5.74, 6) is 3.56. The number of carbonyl (C=O) groups is 4. The molecule has 0 bridgehead atoms. The predicted octanol–water partition coefficient (Wildman–Crippen LogP) is 0.690. The lowest BCUT2D eigenvalue weighted by atomic mass is 9.72. The quantitative estimate of drug-likeness (QED) is 0.146. The van der Waals surface area contributed by atoms with Gasteiger partial charge in [-0.2, -0.15) is 0 Å². The van der Waals surface area contributed by atoms with Crippen molar-refractivity contribution in [3.8, 4) is 0 Å². The first-order valence-electron chi connectivity index (χ1n) is 8.69. The maximum atomic E-state index is 12.4. The summed E-state index contributed by atoms with van der Waals surface area (Å²) in [6, 6.07) is 0. The van der Waals surface area contributed by atoms with Crippen molar-refractivity contribution >= 4 is 23.7 Å². The molecule has 9 heteroatoms. The summed E-state index contributed by atoms with van der Waals surface area (Å²) < 4.78 is 4.83. The van der Waals surface area contributed by atoms with E-state index in [0.717, 1.165) is 0 Å². The fraction of sp³-hybridized carbons (Fsp3) is 0.765. The van der Waals surface area contributed by atoms with Crippen molar-refractivity contribution in [1.82, 2.24) is 16.3 Å². The van der Waals surface area contributed by atoms with Crippen LogP contribution in [0.25, 0.3) is 0 Å². The highest BCUT2D eigenvalue weighted by molar-refractivity contribution is 5.86. The molecule has 0 saturated heterocycles. The Morgan fingerprint density at radius 3 is 1.96 bits per heavy atom. The number of esters is 1. The molecule has 0 aromatic rings. The summed E-state index contributed by atoms with van der Waals surface area (Å²) in [5, 5.41) is 0. The van der Waals surface area contributed by atoms with E-state index in [2.05, 4.69) is 10.9 Å². The fourth-order valence-corrected chi connectivity index (χ4v) is 2.65. The smallest absolute Gasteiger partial charge is 0.311 e. The average molecular weight is 372 g/mol. The molecule has 0 aliphatic heterocycles. The molecule has 0 radical (unpaired) electrons. The third kappa shape index (κ3) is 7.81. The molecule has 5 N–H and O–H groups in total. The monoisotopic (exact) mass is 372 g/mol. The van der Waals surface area contributed by atoms with Gasteiger partial charge >= 0.3 is 5.97 Å². The number of nitrogens with two attached hydrogens (primary N) is 1. The highest BCUT2D eigenvalue weighted by Gasteiger charge is 2.41. The van der Waals surface area contributed by atoms with Gasteiger partial charge < -0.3 is 4.74 Å². The number of carbonyl (C=O) groups excluding carboxylic acids is 4. The Bertz CT molecular complexity index is 521. The van der Waals surface area contributed by atoms with E-state index in [-0.39, 0.29) is 37.0 Å². The molecule has 0 aromatic heterocycles. The second-order valence-electron chi connectivity index (χ2n) is 7.24. The van der Waals surface area contributed by atoms with Gasteiger partial charge in [-0.25, -0.2) is 5.84 Å². The summed E-state index contributed by atoms with van der Waals surface area (Å²) >= 11 is 0. The molecular formula is C17H32N4O5. The molecule has 3 amide bonds. The van der Waals surface area contributed by atoms with Gasteiger partial charge in [-0.15, -0.1) is 0 Å². The van der Waals surface area contributed by atoms with E-state index in [1.807, 2.05) is 12.3 Å². The number of methoxy groups -OCH3 is 1. The maximum Gasteiger partial charge on any atom is 0.311 e. The van der Waals surface area contributed by atoms with Gasteiger partial charge in [-0.3, -0.25) is 35.5 Å². The number of nitrogens with one attached hydrogen (secondary N) is 3. The number of unbranched alkanes of at least 4 members (excludes halogenated alkanes) is 1. The summed E-state index contributed by atoms with van der Waals surface area (Å²) in [6.45, 7) is 7.02. The fourth-order valence-electron chi connectivity index (χ4n) is 2.65. The lowest BCUT2D eigenvalue weighted by Crippen LogP contribution is -2.49. The number of ether oxygens (including phenoxy) is 1. The van der Waals surface area contributed by atoms with E-state index in [1.165, 1.54) is 7.11 Å². The molecule has 0 spiro atoms. The summed E-state index contributed by atoms with van der Waals surface area (Å²) in [5.41, 5.74) is 5.10. The van der Waals surface area contributed by atoms with E-state index in [0.29, 0.717) is 19.3 Å². The van der Waals surface area contributed by atoms with Crippen LogP contribution in [0, 0.1) is 10.8 Å². The zero-order valence-corrected chi connectivity index (χ0v) is 16.4. The number of hydrogen-bond acceptors (Lipinski definition) is 6. The molecular weight excluding hydrogens is 340 g/mol. The van der Waals surface area contributed by atoms with Crippen LogP contribution in [0.3, 0.4) is 0 Å². The van der Waals surface area contributed by atoms with Gasteiger partial charge in [0.15, 0.2) is 0 Å². The Morgan fingerprint density at radius 1 is 0.962 bits per heavy atom. The molecule has 150 valence electrons. The van der Waals surface area contributed by atoms with Crippen molar-refractivity contribution in [2.45, 2.75) is 66.2 Å². The van der Waals surface area contributed by atoms with Gasteiger partial charge in [0.25, 0.3) is 0 Å². The minimum atomic E-state index is -0.883. The van der Waals surface area contributed by atoms with E-state index < -0.39 is 16.7 Å². The third-order valence-electron chi connectivity index (χ3n) is 4.44. The van der Waals surface area contributed by atoms with Crippen LogP contribution in [-0.4, -0.2) is 30.8 Å². The largest absolute Gasteiger partial charge is 0.469 e. The van der Waals surface area contributed by atoms with Crippen LogP contribution in [-0.2, 0) is 23.9 Å². The summed E-state index contributed by atoms with van der Waals surface area (Å²) in [6.07, 6.45) is 2.23. The number of hydrazine groups is 2. The second-order valence-corrected chi connectivity index (χ2v) is 7.24. The topological polar surface area (TPSA) is 140 Å². The minimum Gasteiger partial charge on any atom is -0.469 e. The van der Waals surface area contributed by atoms with Gasteiger partial charge in [-0.05, 0) is 32.6 Å². The van der Waals surface area contributed by atoms with Gasteiger partial charge in [-0.1, -0.05) is 20.8 Å². The van der Waals surface area contributed by atoms with Crippen LogP contribution in [0.4, 0.5) is 0 Å². The van der Waals surface area contributed by atoms with Crippen molar-refractivity contribution < 1.29 is 23.9 Å². The lowest BCUT2D eigenvalue weighted by molar-refractivity contribution is -0.155. The molecule has 0 saturated carbocycles. The van der Waals surface area contributed by atoms with E-state index >= 15 is 0 Å². The Labute approximate surface area is 154 Å². The normalized spacial score (nSPS) is 13.3. The summed E-state index contributed by atoms with van der Waals surface area (Å²) in [7, 11) is 1.32. The molecule has 0 rings (SSSR count). The average Bonchev–Trinajstić information content (AvgIpc) is 2.61. The van der Waals surface area contributed by atoms with Crippen LogP contribution in [0.5, 0.6) is 0 Å². The van der Waals surface area contributed by atoms with Gasteiger partial charge in [0.2, 0.25) is 17.7 Å².